The van der Waals surface area contributed by atoms with Crippen molar-refractivity contribution in [3.8, 4) is 0 Å². The highest BCUT2D eigenvalue weighted by molar-refractivity contribution is 6.07. The molecule has 4 aromatic rings. The van der Waals surface area contributed by atoms with Crippen LogP contribution in [0.3, 0.4) is 0 Å². The van der Waals surface area contributed by atoms with E-state index in [9.17, 15) is 0 Å². The van der Waals surface area contributed by atoms with Crippen molar-refractivity contribution in [1.82, 2.24) is 0 Å². The van der Waals surface area contributed by atoms with Gasteiger partial charge in [-0.1, -0.05) is 72.8 Å². The first-order valence-corrected chi connectivity index (χ1v) is 8.58. The Morgan fingerprint density at radius 3 is 1.76 bits per heavy atom. The molecule has 0 saturated carbocycles. The van der Waals surface area contributed by atoms with Gasteiger partial charge < -0.3 is 4.90 Å². The molecule has 4 rings (SSSR count). The SMILES string of the molecule is CN(C)c1ccc(/C=C/c2c3ccccc3cc3ccccc23)cc1. The van der Waals surface area contributed by atoms with E-state index in [1.807, 2.05) is 0 Å². The molecule has 0 amide bonds. The predicted octanol–water partition coefficient (Wildman–Crippen LogP) is 6.23. The molecule has 4 aromatic carbocycles. The number of rotatable bonds is 3. The van der Waals surface area contributed by atoms with Crippen molar-refractivity contribution in [2.24, 2.45) is 0 Å². The van der Waals surface area contributed by atoms with E-state index in [1.54, 1.807) is 0 Å². The lowest BCUT2D eigenvalue weighted by Crippen LogP contribution is -2.07. The molecule has 0 N–H and O–H groups in total. The molecule has 122 valence electrons. The zero-order valence-electron chi connectivity index (χ0n) is 14.6. The van der Waals surface area contributed by atoms with Crippen LogP contribution in [0, 0.1) is 0 Å². The summed E-state index contributed by atoms with van der Waals surface area (Å²) in [5, 5.41) is 5.15. The molecule has 0 spiro atoms. The number of benzene rings is 4. The van der Waals surface area contributed by atoms with Gasteiger partial charge in [0.1, 0.15) is 0 Å². The zero-order valence-corrected chi connectivity index (χ0v) is 14.6. The van der Waals surface area contributed by atoms with Crippen LogP contribution >= 0.6 is 0 Å². The average molecular weight is 323 g/mol. The molecule has 0 atom stereocenters. The molecule has 0 unspecified atom stereocenters. The third kappa shape index (κ3) is 3.01. The van der Waals surface area contributed by atoms with Crippen molar-refractivity contribution in [2.45, 2.75) is 0 Å². The van der Waals surface area contributed by atoms with Crippen molar-refractivity contribution in [3.63, 3.8) is 0 Å². The van der Waals surface area contributed by atoms with Gasteiger partial charge in [0.25, 0.3) is 0 Å². The molecule has 0 bridgehead atoms. The highest BCUT2D eigenvalue weighted by Gasteiger charge is 2.04. The topological polar surface area (TPSA) is 3.24 Å². The Balaban J connectivity index is 1.84. The number of nitrogens with zero attached hydrogens (tertiary/aromatic N) is 1. The molecule has 0 aromatic heterocycles. The molecular weight excluding hydrogens is 302 g/mol. The fraction of sp³-hybridized carbons (Fsp3) is 0.0833. The molecule has 1 heteroatoms. The van der Waals surface area contributed by atoms with Crippen molar-refractivity contribution in [3.05, 3.63) is 90.0 Å². The minimum atomic E-state index is 1.21. The van der Waals surface area contributed by atoms with E-state index >= 15 is 0 Å². The fourth-order valence-electron chi connectivity index (χ4n) is 3.29. The first kappa shape index (κ1) is 15.5. The van der Waals surface area contributed by atoms with E-state index in [-0.39, 0.29) is 0 Å². The van der Waals surface area contributed by atoms with Crippen molar-refractivity contribution in [1.29, 1.82) is 0 Å². The molecule has 0 aliphatic heterocycles. The normalized spacial score (nSPS) is 11.4. The summed E-state index contributed by atoms with van der Waals surface area (Å²) < 4.78 is 0. The molecule has 25 heavy (non-hydrogen) atoms. The maximum atomic E-state index is 2.27. The predicted molar refractivity (Wildman–Crippen MR) is 111 cm³/mol. The van der Waals surface area contributed by atoms with Crippen LogP contribution in [0.1, 0.15) is 11.1 Å². The maximum Gasteiger partial charge on any atom is 0.0361 e. The molecule has 0 aliphatic rings. The molecule has 0 fully saturated rings. The van der Waals surface area contributed by atoms with E-state index in [1.165, 1.54) is 38.4 Å². The lowest BCUT2D eigenvalue weighted by Gasteiger charge is -2.12. The summed E-state index contributed by atoms with van der Waals surface area (Å²) in [5.74, 6) is 0. The Kier molecular flexibility index (Phi) is 3.99. The third-order valence-electron chi connectivity index (χ3n) is 4.66. The summed E-state index contributed by atoms with van der Waals surface area (Å²) in [6, 6.07) is 28.1. The summed E-state index contributed by atoms with van der Waals surface area (Å²) >= 11 is 0. The van der Waals surface area contributed by atoms with Gasteiger partial charge >= 0.3 is 0 Å². The number of hydrogen-bond donors (Lipinski definition) is 0. The van der Waals surface area contributed by atoms with Crippen LogP contribution in [-0.2, 0) is 0 Å². The minimum absolute atomic E-state index is 1.21. The molecule has 0 radical (unpaired) electrons. The van der Waals surface area contributed by atoms with Gasteiger partial charge in [-0.05, 0) is 50.9 Å². The molecule has 0 heterocycles. The van der Waals surface area contributed by atoms with Crippen LogP contribution in [0.5, 0.6) is 0 Å². The Hall–Kier alpha value is -3.06. The highest BCUT2D eigenvalue weighted by atomic mass is 15.1. The lowest BCUT2D eigenvalue weighted by atomic mass is 9.96. The van der Waals surface area contributed by atoms with Crippen LogP contribution in [0.25, 0.3) is 33.7 Å². The second-order valence-electron chi connectivity index (χ2n) is 6.55. The molecule has 0 saturated heterocycles. The summed E-state index contributed by atoms with van der Waals surface area (Å²) in [4.78, 5) is 2.12. The van der Waals surface area contributed by atoms with Crippen molar-refractivity contribution >= 4 is 39.4 Å². The largest absolute Gasteiger partial charge is 0.378 e. The van der Waals surface area contributed by atoms with Gasteiger partial charge in [-0.2, -0.15) is 0 Å². The highest BCUT2D eigenvalue weighted by Crippen LogP contribution is 2.30. The summed E-state index contributed by atoms with van der Waals surface area (Å²) in [7, 11) is 4.13. The van der Waals surface area contributed by atoms with E-state index < -0.39 is 0 Å². The Bertz CT molecular complexity index is 1000. The number of hydrogen-bond acceptors (Lipinski definition) is 1. The Morgan fingerprint density at radius 1 is 0.640 bits per heavy atom. The van der Waals surface area contributed by atoms with E-state index in [2.05, 4.69) is 110 Å². The smallest absolute Gasteiger partial charge is 0.0361 e. The number of anilines is 1. The van der Waals surface area contributed by atoms with Gasteiger partial charge in [0.05, 0.1) is 0 Å². The Labute approximate surface area is 148 Å². The maximum absolute atomic E-state index is 2.27. The van der Waals surface area contributed by atoms with Gasteiger partial charge in [-0.3, -0.25) is 0 Å². The van der Waals surface area contributed by atoms with Crippen molar-refractivity contribution in [2.75, 3.05) is 19.0 Å². The van der Waals surface area contributed by atoms with Crippen molar-refractivity contribution < 1.29 is 0 Å². The zero-order chi connectivity index (χ0) is 17.2. The van der Waals surface area contributed by atoms with Gasteiger partial charge in [-0.25, -0.2) is 0 Å². The van der Waals surface area contributed by atoms with Crippen LogP contribution in [0.2, 0.25) is 0 Å². The summed E-state index contributed by atoms with van der Waals surface area (Å²) in [6.07, 6.45) is 4.45. The number of fused-ring (bicyclic) bond motifs is 2. The van der Waals surface area contributed by atoms with Crippen LogP contribution in [-0.4, -0.2) is 14.1 Å². The third-order valence-corrected chi connectivity index (χ3v) is 4.66. The summed E-state index contributed by atoms with van der Waals surface area (Å²) in [5.41, 5.74) is 3.71. The van der Waals surface area contributed by atoms with Gasteiger partial charge in [-0.15, -0.1) is 0 Å². The first-order chi connectivity index (χ1) is 12.2. The Morgan fingerprint density at radius 2 is 1.20 bits per heavy atom. The molecule has 1 nitrogen and oxygen atoms in total. The van der Waals surface area contributed by atoms with Crippen LogP contribution in [0.4, 0.5) is 5.69 Å². The summed E-state index contributed by atoms with van der Waals surface area (Å²) in [6.45, 7) is 0. The lowest BCUT2D eigenvalue weighted by molar-refractivity contribution is 1.13. The van der Waals surface area contributed by atoms with Crippen LogP contribution < -0.4 is 4.90 Å². The first-order valence-electron chi connectivity index (χ1n) is 8.58. The van der Waals surface area contributed by atoms with E-state index in [0.717, 1.165) is 0 Å². The average Bonchev–Trinajstić information content (AvgIpc) is 2.65. The van der Waals surface area contributed by atoms with Gasteiger partial charge in [0.2, 0.25) is 0 Å². The van der Waals surface area contributed by atoms with E-state index in [0.29, 0.717) is 0 Å². The van der Waals surface area contributed by atoms with Crippen LogP contribution in [0.15, 0.2) is 78.9 Å². The monoisotopic (exact) mass is 323 g/mol. The quantitative estimate of drug-likeness (QED) is 0.319. The standard InChI is InChI=1S/C24H21N/c1-25(2)21-14-11-18(12-15-21)13-16-24-22-9-5-3-7-19(22)17-20-8-4-6-10-23(20)24/h3-17H,1-2H3/b16-13+. The second-order valence-corrected chi connectivity index (χ2v) is 6.55. The molecular formula is C24H21N. The van der Waals surface area contributed by atoms with E-state index in [4.69, 9.17) is 0 Å². The van der Waals surface area contributed by atoms with Gasteiger partial charge in [0.15, 0.2) is 0 Å². The fourth-order valence-corrected chi connectivity index (χ4v) is 3.29. The second kappa shape index (κ2) is 6.45. The minimum Gasteiger partial charge on any atom is -0.378 e. The van der Waals surface area contributed by atoms with Gasteiger partial charge in [0, 0.05) is 19.8 Å². The molecule has 0 aliphatic carbocycles.